The number of nitrogens with one attached hydrogen (secondary N) is 1. The highest BCUT2D eigenvalue weighted by atomic mass is 32.1. The summed E-state index contributed by atoms with van der Waals surface area (Å²) < 4.78 is 4.99. The number of nitrogens with zero attached hydrogens (tertiary/aromatic N) is 2. The number of hydrogen-bond donors (Lipinski definition) is 1. The van der Waals surface area contributed by atoms with Crippen LogP contribution >= 0.6 is 11.3 Å². The lowest BCUT2D eigenvalue weighted by molar-refractivity contribution is 0.199. The highest BCUT2D eigenvalue weighted by Gasteiger charge is 2.05. The van der Waals surface area contributed by atoms with Crippen molar-refractivity contribution < 1.29 is 4.74 Å². The van der Waals surface area contributed by atoms with Crippen molar-refractivity contribution in [2.24, 2.45) is 0 Å². The molecule has 0 fully saturated rings. The summed E-state index contributed by atoms with van der Waals surface area (Å²) in [6, 6.07) is 8.58. The number of rotatable bonds is 8. The molecular weight excluding hydrogens is 270 g/mol. The van der Waals surface area contributed by atoms with Crippen molar-refractivity contribution in [3.05, 3.63) is 45.4 Å². The van der Waals surface area contributed by atoms with Crippen LogP contribution in [0.25, 0.3) is 0 Å². The quantitative estimate of drug-likeness (QED) is 0.758. The first kappa shape index (κ1) is 15.1. The predicted molar refractivity (Wildman–Crippen MR) is 82.3 cm³/mol. The van der Waals surface area contributed by atoms with Crippen LogP contribution in [0.15, 0.2) is 24.3 Å². The average Bonchev–Trinajstić information content (AvgIpc) is 2.89. The smallest absolute Gasteiger partial charge is 0.121 e. The number of benzene rings is 1. The van der Waals surface area contributed by atoms with Crippen molar-refractivity contribution in [3.63, 3.8) is 0 Å². The standard InChI is InChI=1S/C15H21N3OS/c1-12-3-5-13(6-4-12)11-15-18-17-14(20-15)7-8-16-9-10-19-2/h3-6,16H,7-11H2,1-2H3. The maximum atomic E-state index is 4.99. The van der Waals surface area contributed by atoms with Crippen LogP contribution in [-0.4, -0.2) is 37.0 Å². The Morgan fingerprint density at radius 3 is 2.60 bits per heavy atom. The molecule has 2 aromatic rings. The van der Waals surface area contributed by atoms with Crippen LogP contribution < -0.4 is 5.32 Å². The molecule has 5 heteroatoms. The lowest BCUT2D eigenvalue weighted by Gasteiger charge is -2.00. The highest BCUT2D eigenvalue weighted by Crippen LogP contribution is 2.15. The summed E-state index contributed by atoms with van der Waals surface area (Å²) in [5, 5.41) is 14.0. The molecule has 0 bridgehead atoms. The van der Waals surface area contributed by atoms with Crippen LogP contribution in [0.4, 0.5) is 0 Å². The van der Waals surface area contributed by atoms with E-state index in [1.54, 1.807) is 18.4 Å². The van der Waals surface area contributed by atoms with Crippen LogP contribution in [-0.2, 0) is 17.6 Å². The summed E-state index contributed by atoms with van der Waals surface area (Å²) in [5.41, 5.74) is 2.57. The summed E-state index contributed by atoms with van der Waals surface area (Å²) in [5.74, 6) is 0. The third-order valence-electron chi connectivity index (χ3n) is 2.98. The molecule has 1 heterocycles. The number of hydrogen-bond acceptors (Lipinski definition) is 5. The largest absolute Gasteiger partial charge is 0.383 e. The number of aryl methyl sites for hydroxylation is 1. The molecule has 0 aliphatic carbocycles. The number of methoxy groups -OCH3 is 1. The van der Waals surface area contributed by atoms with Crippen LogP contribution in [0.1, 0.15) is 21.1 Å². The van der Waals surface area contributed by atoms with Crippen LogP contribution in [0, 0.1) is 6.92 Å². The van der Waals surface area contributed by atoms with Gasteiger partial charge in [0.1, 0.15) is 10.0 Å². The van der Waals surface area contributed by atoms with E-state index < -0.39 is 0 Å². The Kier molecular flexibility index (Phi) is 6.11. The molecule has 0 spiro atoms. The van der Waals surface area contributed by atoms with Gasteiger partial charge in [0.05, 0.1) is 6.61 Å². The molecular formula is C15H21N3OS. The molecule has 4 nitrogen and oxygen atoms in total. The summed E-state index contributed by atoms with van der Waals surface area (Å²) >= 11 is 1.70. The van der Waals surface area contributed by atoms with Gasteiger partial charge in [0, 0.05) is 33.0 Å². The molecule has 20 heavy (non-hydrogen) atoms. The normalized spacial score (nSPS) is 10.9. The molecule has 0 aliphatic rings. The van der Waals surface area contributed by atoms with E-state index in [-0.39, 0.29) is 0 Å². The molecule has 0 atom stereocenters. The van der Waals surface area contributed by atoms with E-state index in [0.717, 1.165) is 42.6 Å². The molecule has 0 saturated carbocycles. The zero-order chi connectivity index (χ0) is 14.2. The van der Waals surface area contributed by atoms with E-state index in [0.29, 0.717) is 0 Å². The minimum Gasteiger partial charge on any atom is -0.383 e. The Bertz CT molecular complexity index is 510. The molecule has 0 unspecified atom stereocenters. The molecule has 0 saturated heterocycles. The fourth-order valence-corrected chi connectivity index (χ4v) is 2.71. The van der Waals surface area contributed by atoms with Crippen molar-refractivity contribution in [2.45, 2.75) is 19.8 Å². The topological polar surface area (TPSA) is 47.0 Å². The zero-order valence-electron chi connectivity index (χ0n) is 12.1. The fraction of sp³-hybridized carbons (Fsp3) is 0.467. The van der Waals surface area contributed by atoms with Crippen molar-refractivity contribution in [2.75, 3.05) is 26.8 Å². The summed E-state index contributed by atoms with van der Waals surface area (Å²) in [4.78, 5) is 0. The van der Waals surface area contributed by atoms with Gasteiger partial charge in [-0.05, 0) is 12.5 Å². The van der Waals surface area contributed by atoms with E-state index in [4.69, 9.17) is 4.74 Å². The van der Waals surface area contributed by atoms with Gasteiger partial charge < -0.3 is 10.1 Å². The monoisotopic (exact) mass is 291 g/mol. The second-order valence-corrected chi connectivity index (χ2v) is 5.89. The molecule has 0 aliphatic heterocycles. The van der Waals surface area contributed by atoms with Gasteiger partial charge >= 0.3 is 0 Å². The van der Waals surface area contributed by atoms with E-state index in [2.05, 4.69) is 46.7 Å². The van der Waals surface area contributed by atoms with Crippen molar-refractivity contribution in [1.29, 1.82) is 0 Å². The minimum absolute atomic E-state index is 0.745. The molecule has 2 rings (SSSR count). The Morgan fingerprint density at radius 2 is 1.85 bits per heavy atom. The van der Waals surface area contributed by atoms with Crippen molar-refractivity contribution in [1.82, 2.24) is 15.5 Å². The maximum absolute atomic E-state index is 4.99. The van der Waals surface area contributed by atoms with Gasteiger partial charge in [-0.3, -0.25) is 0 Å². The van der Waals surface area contributed by atoms with Crippen LogP contribution in [0.2, 0.25) is 0 Å². The Labute approximate surface area is 124 Å². The minimum atomic E-state index is 0.745. The Balaban J connectivity index is 1.78. The second kappa shape index (κ2) is 8.09. The number of ether oxygens (including phenoxy) is 1. The van der Waals surface area contributed by atoms with Gasteiger partial charge in [0.15, 0.2) is 0 Å². The Hall–Kier alpha value is -1.30. The van der Waals surface area contributed by atoms with Crippen molar-refractivity contribution >= 4 is 11.3 Å². The second-order valence-electron chi connectivity index (χ2n) is 4.74. The van der Waals surface area contributed by atoms with E-state index in [9.17, 15) is 0 Å². The molecule has 1 aromatic carbocycles. The molecule has 1 N–H and O–H groups in total. The maximum Gasteiger partial charge on any atom is 0.121 e. The van der Waals surface area contributed by atoms with E-state index in [1.807, 2.05) is 0 Å². The fourth-order valence-electron chi connectivity index (χ4n) is 1.84. The third-order valence-corrected chi connectivity index (χ3v) is 3.97. The molecule has 108 valence electrons. The zero-order valence-corrected chi connectivity index (χ0v) is 12.9. The first-order valence-corrected chi connectivity index (χ1v) is 7.66. The highest BCUT2D eigenvalue weighted by molar-refractivity contribution is 7.11. The predicted octanol–water partition coefficient (Wildman–Crippen LogP) is 2.22. The average molecular weight is 291 g/mol. The molecule has 1 aromatic heterocycles. The van der Waals surface area contributed by atoms with E-state index in [1.165, 1.54) is 11.1 Å². The van der Waals surface area contributed by atoms with Crippen LogP contribution in [0.3, 0.4) is 0 Å². The van der Waals surface area contributed by atoms with Gasteiger partial charge in [-0.2, -0.15) is 0 Å². The van der Waals surface area contributed by atoms with Gasteiger partial charge in [0.25, 0.3) is 0 Å². The van der Waals surface area contributed by atoms with Gasteiger partial charge in [-0.15, -0.1) is 21.5 Å². The van der Waals surface area contributed by atoms with Crippen LogP contribution in [0.5, 0.6) is 0 Å². The summed E-state index contributed by atoms with van der Waals surface area (Å²) in [6.07, 6.45) is 1.80. The van der Waals surface area contributed by atoms with Gasteiger partial charge in [-0.25, -0.2) is 0 Å². The van der Waals surface area contributed by atoms with Gasteiger partial charge in [-0.1, -0.05) is 29.8 Å². The SMILES string of the molecule is COCCNCCc1nnc(Cc2ccc(C)cc2)s1. The summed E-state index contributed by atoms with van der Waals surface area (Å²) in [7, 11) is 1.71. The third kappa shape index (κ3) is 5.00. The lowest BCUT2D eigenvalue weighted by atomic mass is 10.1. The van der Waals surface area contributed by atoms with Gasteiger partial charge in [0.2, 0.25) is 0 Å². The molecule has 0 radical (unpaired) electrons. The molecule has 0 amide bonds. The first-order chi connectivity index (χ1) is 9.78. The lowest BCUT2D eigenvalue weighted by Crippen LogP contribution is -2.21. The summed E-state index contributed by atoms with van der Waals surface area (Å²) in [6.45, 7) is 4.65. The van der Waals surface area contributed by atoms with E-state index >= 15 is 0 Å². The van der Waals surface area contributed by atoms with Crippen molar-refractivity contribution in [3.8, 4) is 0 Å². The first-order valence-electron chi connectivity index (χ1n) is 6.84. The number of aromatic nitrogens is 2. The Morgan fingerprint density at radius 1 is 1.10 bits per heavy atom.